The fraction of sp³-hybridized carbons (Fsp3) is 0.300. The Hall–Kier alpha value is -2.53. The number of benzene rings is 2. The number of carbonyl (C=O) groups is 2. The molecule has 5 nitrogen and oxygen atoms in total. The lowest BCUT2D eigenvalue weighted by Gasteiger charge is -2.32. The van der Waals surface area contributed by atoms with Crippen LogP contribution in [0.2, 0.25) is 5.02 Å². The zero-order chi connectivity index (χ0) is 19.3. The first-order valence-corrected chi connectivity index (χ1v) is 8.74. The Morgan fingerprint density at radius 3 is 2.23 bits per heavy atom. The summed E-state index contributed by atoms with van der Waals surface area (Å²) in [5.41, 5.74) is 1.74. The minimum absolute atomic E-state index is 0.163. The van der Waals surface area contributed by atoms with Gasteiger partial charge < -0.3 is 16.0 Å². The molecule has 0 saturated carbocycles. The molecule has 138 valence electrons. The SMILES string of the molecule is CNC(=O)c1ccc(NC(=O)N[C@@H](c2ccccc2)C(C)(C)C)cc1Cl. The van der Waals surface area contributed by atoms with E-state index in [-0.39, 0.29) is 28.4 Å². The maximum absolute atomic E-state index is 12.5. The van der Waals surface area contributed by atoms with Gasteiger partial charge in [-0.25, -0.2) is 4.79 Å². The second-order valence-electron chi connectivity index (χ2n) is 7.08. The lowest BCUT2D eigenvalue weighted by Crippen LogP contribution is -2.39. The number of hydrogen-bond donors (Lipinski definition) is 3. The molecule has 6 heteroatoms. The number of hydrogen-bond acceptors (Lipinski definition) is 2. The number of rotatable bonds is 4. The monoisotopic (exact) mass is 373 g/mol. The minimum Gasteiger partial charge on any atom is -0.355 e. The number of carbonyl (C=O) groups excluding carboxylic acids is 2. The zero-order valence-electron chi connectivity index (χ0n) is 15.4. The van der Waals surface area contributed by atoms with Crippen LogP contribution in [-0.4, -0.2) is 19.0 Å². The van der Waals surface area contributed by atoms with Gasteiger partial charge in [0.2, 0.25) is 0 Å². The molecule has 0 bridgehead atoms. The molecule has 26 heavy (non-hydrogen) atoms. The molecular weight excluding hydrogens is 350 g/mol. The van der Waals surface area contributed by atoms with Crippen molar-refractivity contribution >= 4 is 29.2 Å². The quantitative estimate of drug-likeness (QED) is 0.732. The van der Waals surface area contributed by atoms with Crippen LogP contribution >= 0.6 is 11.6 Å². The highest BCUT2D eigenvalue weighted by atomic mass is 35.5. The highest BCUT2D eigenvalue weighted by molar-refractivity contribution is 6.34. The summed E-state index contributed by atoms with van der Waals surface area (Å²) in [6.45, 7) is 6.21. The van der Waals surface area contributed by atoms with Crippen LogP contribution in [0.3, 0.4) is 0 Å². The van der Waals surface area contributed by atoms with Crippen molar-refractivity contribution in [3.8, 4) is 0 Å². The largest absolute Gasteiger partial charge is 0.355 e. The van der Waals surface area contributed by atoms with Gasteiger partial charge in [-0.3, -0.25) is 4.79 Å². The van der Waals surface area contributed by atoms with Crippen LogP contribution in [0.5, 0.6) is 0 Å². The number of urea groups is 1. The van der Waals surface area contributed by atoms with Crippen molar-refractivity contribution in [2.75, 3.05) is 12.4 Å². The van der Waals surface area contributed by atoms with Crippen LogP contribution in [0.25, 0.3) is 0 Å². The number of anilines is 1. The minimum atomic E-state index is -0.336. The predicted octanol–water partition coefficient (Wildman–Crippen LogP) is 4.61. The fourth-order valence-electron chi connectivity index (χ4n) is 2.66. The van der Waals surface area contributed by atoms with Crippen LogP contribution in [-0.2, 0) is 0 Å². The van der Waals surface area contributed by atoms with Gasteiger partial charge >= 0.3 is 6.03 Å². The van der Waals surface area contributed by atoms with E-state index in [4.69, 9.17) is 11.6 Å². The van der Waals surface area contributed by atoms with Crippen LogP contribution in [0.4, 0.5) is 10.5 Å². The van der Waals surface area contributed by atoms with E-state index in [9.17, 15) is 9.59 Å². The molecule has 0 aliphatic carbocycles. The third-order valence-electron chi connectivity index (χ3n) is 3.97. The maximum atomic E-state index is 12.5. The summed E-state index contributed by atoms with van der Waals surface area (Å²) in [7, 11) is 1.54. The Morgan fingerprint density at radius 1 is 1.04 bits per heavy atom. The van der Waals surface area contributed by atoms with Crippen molar-refractivity contribution in [1.82, 2.24) is 10.6 Å². The van der Waals surface area contributed by atoms with Gasteiger partial charge in [-0.05, 0) is 29.2 Å². The Labute approximate surface area is 159 Å². The van der Waals surface area contributed by atoms with E-state index in [1.807, 2.05) is 30.3 Å². The van der Waals surface area contributed by atoms with E-state index in [1.165, 1.54) is 7.05 Å². The van der Waals surface area contributed by atoms with E-state index in [2.05, 4.69) is 36.7 Å². The van der Waals surface area contributed by atoms with Gasteiger partial charge in [0.1, 0.15) is 0 Å². The molecular formula is C20H24ClN3O2. The maximum Gasteiger partial charge on any atom is 0.319 e. The van der Waals surface area contributed by atoms with Crippen molar-refractivity contribution in [2.24, 2.45) is 5.41 Å². The Bertz CT molecular complexity index is 785. The van der Waals surface area contributed by atoms with Gasteiger partial charge in [-0.1, -0.05) is 62.7 Å². The molecule has 0 aliphatic rings. The van der Waals surface area contributed by atoms with Crippen LogP contribution in [0, 0.1) is 5.41 Å². The lowest BCUT2D eigenvalue weighted by atomic mass is 9.82. The summed E-state index contributed by atoms with van der Waals surface area (Å²) < 4.78 is 0. The van der Waals surface area contributed by atoms with E-state index in [0.29, 0.717) is 11.3 Å². The molecule has 0 fully saturated rings. The molecule has 3 N–H and O–H groups in total. The molecule has 0 radical (unpaired) electrons. The third kappa shape index (κ3) is 4.99. The number of amides is 3. The summed E-state index contributed by atoms with van der Waals surface area (Å²) >= 11 is 6.13. The van der Waals surface area contributed by atoms with Crippen molar-refractivity contribution < 1.29 is 9.59 Å². The number of nitrogens with one attached hydrogen (secondary N) is 3. The smallest absolute Gasteiger partial charge is 0.319 e. The van der Waals surface area contributed by atoms with Gasteiger partial charge in [-0.2, -0.15) is 0 Å². The van der Waals surface area contributed by atoms with Gasteiger partial charge in [-0.15, -0.1) is 0 Å². The normalized spacial score (nSPS) is 12.2. The van der Waals surface area contributed by atoms with E-state index in [1.54, 1.807) is 18.2 Å². The first-order valence-electron chi connectivity index (χ1n) is 8.36. The summed E-state index contributed by atoms with van der Waals surface area (Å²) in [4.78, 5) is 24.2. The van der Waals surface area contributed by atoms with Gasteiger partial charge in [0, 0.05) is 12.7 Å². The molecule has 0 aliphatic heterocycles. The highest BCUT2D eigenvalue weighted by Crippen LogP contribution is 2.32. The summed E-state index contributed by atoms with van der Waals surface area (Å²) in [5, 5.41) is 8.59. The fourth-order valence-corrected chi connectivity index (χ4v) is 2.92. The third-order valence-corrected chi connectivity index (χ3v) is 4.29. The second kappa shape index (κ2) is 8.23. The molecule has 0 heterocycles. The van der Waals surface area contributed by atoms with E-state index < -0.39 is 0 Å². The van der Waals surface area contributed by atoms with Crippen LogP contribution < -0.4 is 16.0 Å². The molecule has 0 spiro atoms. The molecule has 2 rings (SSSR count). The van der Waals surface area contributed by atoms with Crippen LogP contribution in [0.15, 0.2) is 48.5 Å². The first-order chi connectivity index (χ1) is 12.2. The van der Waals surface area contributed by atoms with Crippen molar-refractivity contribution in [3.05, 3.63) is 64.7 Å². The average Bonchev–Trinajstić information content (AvgIpc) is 2.59. The van der Waals surface area contributed by atoms with Crippen molar-refractivity contribution in [3.63, 3.8) is 0 Å². The van der Waals surface area contributed by atoms with Crippen molar-refractivity contribution in [1.29, 1.82) is 0 Å². The molecule has 1 atom stereocenters. The summed E-state index contributed by atoms with van der Waals surface area (Å²) in [6, 6.07) is 14.1. The topological polar surface area (TPSA) is 70.2 Å². The highest BCUT2D eigenvalue weighted by Gasteiger charge is 2.27. The van der Waals surface area contributed by atoms with Gasteiger partial charge in [0.25, 0.3) is 5.91 Å². The first kappa shape index (κ1) is 19.8. The summed E-state index contributed by atoms with van der Waals surface area (Å²) in [6.07, 6.45) is 0. The Morgan fingerprint density at radius 2 is 1.69 bits per heavy atom. The number of halogens is 1. The Balaban J connectivity index is 2.14. The molecule has 2 aromatic rings. The Kier molecular flexibility index (Phi) is 6.27. The standard InChI is InChI=1S/C20H24ClN3O2/c1-20(2,3)17(13-8-6-5-7-9-13)24-19(26)23-14-10-11-15(16(21)12-14)18(25)22-4/h5-12,17H,1-4H3,(H,22,25)(H2,23,24,26)/t17-/m0/s1. The summed E-state index contributed by atoms with van der Waals surface area (Å²) in [5.74, 6) is -0.275. The average molecular weight is 374 g/mol. The molecule has 3 amide bonds. The lowest BCUT2D eigenvalue weighted by molar-refractivity contribution is 0.0963. The van der Waals surface area contributed by atoms with Gasteiger partial charge in [0.05, 0.1) is 16.6 Å². The van der Waals surface area contributed by atoms with Crippen molar-refractivity contribution in [2.45, 2.75) is 26.8 Å². The van der Waals surface area contributed by atoms with Crippen LogP contribution in [0.1, 0.15) is 42.7 Å². The molecule has 0 saturated heterocycles. The second-order valence-corrected chi connectivity index (χ2v) is 7.49. The van der Waals surface area contributed by atoms with E-state index >= 15 is 0 Å². The van der Waals surface area contributed by atoms with Gasteiger partial charge in [0.15, 0.2) is 0 Å². The molecule has 0 aromatic heterocycles. The van der Waals surface area contributed by atoms with E-state index in [0.717, 1.165) is 5.56 Å². The predicted molar refractivity (Wildman–Crippen MR) is 106 cm³/mol. The molecule has 0 unspecified atom stereocenters. The molecule has 2 aromatic carbocycles. The zero-order valence-corrected chi connectivity index (χ0v) is 16.1.